The zero-order valence-corrected chi connectivity index (χ0v) is 17.8. The largest absolute Gasteiger partial charge is 0.289 e. The highest BCUT2D eigenvalue weighted by Gasteiger charge is 2.32. The molecular weight excluding hydrogens is 370 g/mol. The number of hydrogen-bond acceptors (Lipinski definition) is 3. The summed E-state index contributed by atoms with van der Waals surface area (Å²) in [6.45, 7) is 8.22. The normalized spacial score (nSPS) is 18.6. The van der Waals surface area contributed by atoms with E-state index in [0.29, 0.717) is 28.2 Å². The van der Waals surface area contributed by atoms with Crippen LogP contribution in [0.2, 0.25) is 0 Å². The van der Waals surface area contributed by atoms with Gasteiger partial charge in [0.15, 0.2) is 11.6 Å². The highest BCUT2D eigenvalue weighted by Crippen LogP contribution is 2.36. The SMILES string of the molecule is CC(C)C=C1C=C(C2=CC(=NC(C)C)c3ccccc3C2=O)C(=O)c2ccccc21. The van der Waals surface area contributed by atoms with Gasteiger partial charge in [-0.3, -0.25) is 14.6 Å². The zero-order chi connectivity index (χ0) is 21.4. The molecule has 4 rings (SSSR count). The fourth-order valence-corrected chi connectivity index (χ4v) is 3.99. The monoisotopic (exact) mass is 395 g/mol. The maximum Gasteiger partial charge on any atom is 0.194 e. The lowest BCUT2D eigenvalue weighted by Gasteiger charge is -2.23. The minimum atomic E-state index is -0.129. The topological polar surface area (TPSA) is 46.5 Å². The van der Waals surface area contributed by atoms with E-state index in [1.54, 1.807) is 6.08 Å². The van der Waals surface area contributed by atoms with Crippen molar-refractivity contribution in [2.24, 2.45) is 10.9 Å². The van der Waals surface area contributed by atoms with Crippen molar-refractivity contribution in [3.05, 3.63) is 100 Å². The van der Waals surface area contributed by atoms with Crippen LogP contribution in [0.25, 0.3) is 5.57 Å². The van der Waals surface area contributed by atoms with E-state index < -0.39 is 0 Å². The molecule has 0 aromatic heterocycles. The summed E-state index contributed by atoms with van der Waals surface area (Å²) in [6, 6.07) is 15.2. The van der Waals surface area contributed by atoms with Crippen molar-refractivity contribution in [1.29, 1.82) is 0 Å². The molecule has 2 aromatic rings. The van der Waals surface area contributed by atoms with Crippen LogP contribution in [-0.2, 0) is 0 Å². The van der Waals surface area contributed by atoms with E-state index in [2.05, 4.69) is 19.9 Å². The van der Waals surface area contributed by atoms with E-state index in [0.717, 1.165) is 22.4 Å². The molecule has 2 aliphatic carbocycles. The molecule has 3 nitrogen and oxygen atoms in total. The van der Waals surface area contributed by atoms with Gasteiger partial charge in [-0.15, -0.1) is 0 Å². The van der Waals surface area contributed by atoms with Gasteiger partial charge in [0, 0.05) is 33.9 Å². The van der Waals surface area contributed by atoms with E-state index in [-0.39, 0.29) is 17.6 Å². The van der Waals surface area contributed by atoms with E-state index in [9.17, 15) is 9.59 Å². The van der Waals surface area contributed by atoms with Crippen molar-refractivity contribution in [3.8, 4) is 0 Å². The molecule has 2 aliphatic rings. The number of Topliss-reactive ketones (excluding diaryl/α,β-unsaturated/α-hetero) is 2. The minimum Gasteiger partial charge on any atom is -0.289 e. The number of aliphatic imine (C=N–C) groups is 1. The third kappa shape index (κ3) is 3.52. The van der Waals surface area contributed by atoms with Crippen molar-refractivity contribution < 1.29 is 9.59 Å². The number of hydrogen-bond donors (Lipinski definition) is 0. The molecule has 0 bridgehead atoms. The van der Waals surface area contributed by atoms with E-state index in [4.69, 9.17) is 4.99 Å². The lowest BCUT2D eigenvalue weighted by atomic mass is 9.78. The third-order valence-corrected chi connectivity index (χ3v) is 5.20. The highest BCUT2D eigenvalue weighted by atomic mass is 16.1. The van der Waals surface area contributed by atoms with Crippen LogP contribution in [0.3, 0.4) is 0 Å². The average Bonchev–Trinajstić information content (AvgIpc) is 2.72. The summed E-state index contributed by atoms with van der Waals surface area (Å²) in [6.07, 6.45) is 5.79. The zero-order valence-electron chi connectivity index (χ0n) is 17.8. The number of carbonyl (C=O) groups excluding carboxylic acids is 2. The molecule has 3 heteroatoms. The fourth-order valence-electron chi connectivity index (χ4n) is 3.99. The quantitative estimate of drug-likeness (QED) is 0.652. The van der Waals surface area contributed by atoms with Gasteiger partial charge < -0.3 is 0 Å². The standard InChI is InChI=1S/C27H25NO2/c1-16(2)13-18-14-23(26(29)21-11-7-5-9-19(18)21)24-15-25(28-17(3)4)20-10-6-8-12-22(20)27(24)30/h5-17H,1-4H3. The van der Waals surface area contributed by atoms with Crippen LogP contribution in [0.5, 0.6) is 0 Å². The second kappa shape index (κ2) is 7.83. The second-order valence-corrected chi connectivity index (χ2v) is 8.34. The number of carbonyl (C=O) groups is 2. The number of nitrogens with zero attached hydrogens (tertiary/aromatic N) is 1. The summed E-state index contributed by atoms with van der Waals surface area (Å²) >= 11 is 0. The predicted molar refractivity (Wildman–Crippen MR) is 122 cm³/mol. The Bertz CT molecular complexity index is 1080. The van der Waals surface area contributed by atoms with Crippen LogP contribution >= 0.6 is 0 Å². The third-order valence-electron chi connectivity index (χ3n) is 5.20. The maximum absolute atomic E-state index is 13.4. The Labute approximate surface area is 177 Å². The van der Waals surface area contributed by atoms with Crippen molar-refractivity contribution in [2.75, 3.05) is 0 Å². The summed E-state index contributed by atoms with van der Waals surface area (Å²) in [5.41, 5.74) is 5.55. The van der Waals surface area contributed by atoms with Crippen molar-refractivity contribution in [1.82, 2.24) is 0 Å². The summed E-state index contributed by atoms with van der Waals surface area (Å²) in [4.78, 5) is 31.5. The van der Waals surface area contributed by atoms with Crippen LogP contribution in [0, 0.1) is 5.92 Å². The molecule has 0 amide bonds. The predicted octanol–water partition coefficient (Wildman–Crippen LogP) is 5.87. The molecule has 0 spiro atoms. The second-order valence-electron chi connectivity index (χ2n) is 8.34. The molecule has 0 saturated heterocycles. The van der Waals surface area contributed by atoms with E-state index in [1.807, 2.05) is 68.5 Å². The molecule has 0 saturated carbocycles. The summed E-state index contributed by atoms with van der Waals surface area (Å²) in [5, 5.41) is 0. The molecule has 0 radical (unpaired) electrons. The molecule has 0 aliphatic heterocycles. The lowest BCUT2D eigenvalue weighted by molar-refractivity contribution is 0.0996. The van der Waals surface area contributed by atoms with E-state index in [1.165, 1.54) is 0 Å². The van der Waals surface area contributed by atoms with Gasteiger partial charge in [-0.2, -0.15) is 0 Å². The summed E-state index contributed by atoms with van der Waals surface area (Å²) in [7, 11) is 0. The molecule has 0 N–H and O–H groups in total. The molecule has 150 valence electrons. The molecule has 2 aromatic carbocycles. The Balaban J connectivity index is 1.93. The van der Waals surface area contributed by atoms with Crippen LogP contribution in [0.15, 0.2) is 82.9 Å². The first-order valence-electron chi connectivity index (χ1n) is 10.4. The molecular formula is C27H25NO2. The van der Waals surface area contributed by atoms with Gasteiger partial charge in [-0.1, -0.05) is 68.5 Å². The summed E-state index contributed by atoms with van der Waals surface area (Å²) < 4.78 is 0. The number of fused-ring (bicyclic) bond motifs is 2. The Hall–Kier alpha value is -3.33. The number of benzene rings is 2. The van der Waals surface area contributed by atoms with Crippen LogP contribution in [-0.4, -0.2) is 23.3 Å². The van der Waals surface area contributed by atoms with Gasteiger partial charge in [0.05, 0.1) is 5.71 Å². The van der Waals surface area contributed by atoms with Crippen LogP contribution in [0.4, 0.5) is 0 Å². The Morgan fingerprint density at radius 3 is 1.77 bits per heavy atom. The Morgan fingerprint density at radius 2 is 1.20 bits per heavy atom. The van der Waals surface area contributed by atoms with Gasteiger partial charge in [-0.05, 0) is 43.1 Å². The number of ketones is 2. The van der Waals surface area contributed by atoms with Crippen molar-refractivity contribution in [3.63, 3.8) is 0 Å². The van der Waals surface area contributed by atoms with Crippen LogP contribution in [0.1, 0.15) is 59.5 Å². The molecule has 0 unspecified atom stereocenters. The first-order chi connectivity index (χ1) is 14.4. The molecule has 30 heavy (non-hydrogen) atoms. The van der Waals surface area contributed by atoms with Gasteiger partial charge in [0.1, 0.15) is 0 Å². The minimum absolute atomic E-state index is 0.0759. The smallest absolute Gasteiger partial charge is 0.194 e. The maximum atomic E-state index is 13.4. The first-order valence-corrected chi connectivity index (χ1v) is 10.4. The Morgan fingerprint density at radius 1 is 0.700 bits per heavy atom. The molecule has 0 fully saturated rings. The molecule has 0 atom stereocenters. The fraction of sp³-hybridized carbons (Fsp3) is 0.222. The average molecular weight is 396 g/mol. The summed E-state index contributed by atoms with van der Waals surface area (Å²) in [5.74, 6) is 0.0687. The first kappa shape index (κ1) is 20.0. The van der Waals surface area contributed by atoms with E-state index >= 15 is 0 Å². The van der Waals surface area contributed by atoms with Gasteiger partial charge in [-0.25, -0.2) is 0 Å². The van der Waals surface area contributed by atoms with Crippen molar-refractivity contribution in [2.45, 2.75) is 33.7 Å². The lowest BCUT2D eigenvalue weighted by Crippen LogP contribution is -2.24. The number of allylic oxidation sites excluding steroid dienone is 6. The van der Waals surface area contributed by atoms with Gasteiger partial charge in [0.2, 0.25) is 0 Å². The Kier molecular flexibility index (Phi) is 5.21. The number of rotatable bonds is 3. The van der Waals surface area contributed by atoms with Crippen LogP contribution < -0.4 is 0 Å². The van der Waals surface area contributed by atoms with Gasteiger partial charge in [0.25, 0.3) is 0 Å². The molecule has 0 heterocycles. The van der Waals surface area contributed by atoms with Crippen molar-refractivity contribution >= 4 is 22.9 Å². The highest BCUT2D eigenvalue weighted by molar-refractivity contribution is 6.33. The van der Waals surface area contributed by atoms with Gasteiger partial charge >= 0.3 is 0 Å².